The van der Waals surface area contributed by atoms with Gasteiger partial charge in [0.05, 0.1) is 11.2 Å². The highest BCUT2D eigenvalue weighted by atomic mass is 15.3. The van der Waals surface area contributed by atoms with Crippen molar-refractivity contribution in [3.63, 3.8) is 0 Å². The molecule has 3 heteroatoms. The van der Waals surface area contributed by atoms with Crippen LogP contribution in [-0.4, -0.2) is 48.0 Å². The van der Waals surface area contributed by atoms with Gasteiger partial charge in [-0.3, -0.25) is 9.88 Å². The molecule has 1 aromatic rings. The summed E-state index contributed by atoms with van der Waals surface area (Å²) in [7, 11) is 2.18. The van der Waals surface area contributed by atoms with Crippen LogP contribution in [0.2, 0.25) is 0 Å². The van der Waals surface area contributed by atoms with Crippen LogP contribution in [0.4, 0.5) is 0 Å². The van der Waals surface area contributed by atoms with Crippen LogP contribution in [0, 0.1) is 0 Å². The first-order chi connectivity index (χ1) is 8.54. The number of nitrogens with zero attached hydrogens (tertiary/aromatic N) is 3. The molecule has 18 heavy (non-hydrogen) atoms. The Balaban J connectivity index is 2.21. The van der Waals surface area contributed by atoms with E-state index in [-0.39, 0.29) is 5.54 Å². The van der Waals surface area contributed by atoms with Gasteiger partial charge < -0.3 is 4.90 Å². The first kappa shape index (κ1) is 13.2. The number of pyridine rings is 1. The number of hydrogen-bond donors (Lipinski definition) is 0. The number of aromatic nitrogens is 1. The second kappa shape index (κ2) is 5.21. The fraction of sp³-hybridized carbons (Fsp3) is 0.533. The molecule has 1 aliphatic heterocycles. The van der Waals surface area contributed by atoms with Crippen LogP contribution in [0.15, 0.2) is 24.9 Å². The van der Waals surface area contributed by atoms with Crippen molar-refractivity contribution in [3.8, 4) is 0 Å². The van der Waals surface area contributed by atoms with E-state index in [9.17, 15) is 0 Å². The molecule has 0 spiro atoms. The maximum absolute atomic E-state index is 4.55. The minimum Gasteiger partial charge on any atom is -0.304 e. The van der Waals surface area contributed by atoms with E-state index in [0.717, 1.165) is 37.4 Å². The Hall–Kier alpha value is -1.19. The molecule has 0 amide bonds. The molecule has 1 fully saturated rings. The molecule has 2 heterocycles. The number of likely N-dealkylation sites (N-methyl/N-ethyl adjacent to an activating group) is 1. The molecule has 0 saturated carbocycles. The summed E-state index contributed by atoms with van der Waals surface area (Å²) < 4.78 is 0. The lowest BCUT2D eigenvalue weighted by atomic mass is 9.95. The molecule has 2 rings (SSSR count). The first-order valence-electron chi connectivity index (χ1n) is 6.56. The van der Waals surface area contributed by atoms with Gasteiger partial charge >= 0.3 is 0 Å². The summed E-state index contributed by atoms with van der Waals surface area (Å²) in [6, 6.07) is 4.14. The zero-order valence-corrected chi connectivity index (χ0v) is 11.7. The largest absolute Gasteiger partial charge is 0.304 e. The van der Waals surface area contributed by atoms with E-state index in [2.05, 4.69) is 48.3 Å². The van der Waals surface area contributed by atoms with Gasteiger partial charge in [0.15, 0.2) is 0 Å². The van der Waals surface area contributed by atoms with Gasteiger partial charge in [0, 0.05) is 32.4 Å². The van der Waals surface area contributed by atoms with Gasteiger partial charge in [0.25, 0.3) is 0 Å². The monoisotopic (exact) mass is 245 g/mol. The van der Waals surface area contributed by atoms with E-state index >= 15 is 0 Å². The summed E-state index contributed by atoms with van der Waals surface area (Å²) >= 11 is 0. The summed E-state index contributed by atoms with van der Waals surface area (Å²) in [5, 5.41) is 0. The van der Waals surface area contributed by atoms with Crippen LogP contribution in [0.25, 0.3) is 6.08 Å². The van der Waals surface area contributed by atoms with E-state index in [0.29, 0.717) is 0 Å². The standard InChI is InChI=1S/C15H23N3/c1-5-13-6-7-16-14(12-13)15(2,3)18-10-8-17(4)9-11-18/h5-7,12H,1,8-11H2,2-4H3. The van der Waals surface area contributed by atoms with E-state index in [1.807, 2.05) is 18.3 Å². The van der Waals surface area contributed by atoms with Gasteiger partial charge in [-0.15, -0.1) is 0 Å². The maximum Gasteiger partial charge on any atom is 0.0607 e. The molecule has 0 aliphatic carbocycles. The molecule has 0 bridgehead atoms. The van der Waals surface area contributed by atoms with Crippen molar-refractivity contribution in [1.29, 1.82) is 0 Å². The SMILES string of the molecule is C=Cc1ccnc(C(C)(C)N2CCN(C)CC2)c1. The molecule has 0 aromatic carbocycles. The van der Waals surface area contributed by atoms with Crippen LogP contribution < -0.4 is 0 Å². The van der Waals surface area contributed by atoms with Gasteiger partial charge in [-0.25, -0.2) is 0 Å². The zero-order chi connectivity index (χ0) is 13.2. The Labute approximate surface area is 110 Å². The van der Waals surface area contributed by atoms with Crippen molar-refractivity contribution >= 4 is 6.08 Å². The normalized spacial score (nSPS) is 18.8. The molecular formula is C15H23N3. The second-order valence-electron chi connectivity index (χ2n) is 5.53. The number of rotatable bonds is 3. The molecular weight excluding hydrogens is 222 g/mol. The second-order valence-corrected chi connectivity index (χ2v) is 5.53. The Bertz CT molecular complexity index is 418. The Morgan fingerprint density at radius 3 is 2.56 bits per heavy atom. The summed E-state index contributed by atoms with van der Waals surface area (Å²) in [4.78, 5) is 9.44. The smallest absolute Gasteiger partial charge is 0.0607 e. The molecule has 1 aromatic heterocycles. The maximum atomic E-state index is 4.55. The Morgan fingerprint density at radius 1 is 1.28 bits per heavy atom. The van der Waals surface area contributed by atoms with Crippen molar-refractivity contribution in [1.82, 2.24) is 14.8 Å². The highest BCUT2D eigenvalue weighted by molar-refractivity contribution is 5.47. The minimum absolute atomic E-state index is 0.0136. The predicted octanol–water partition coefficient (Wildman–Crippen LogP) is 2.21. The Morgan fingerprint density at radius 2 is 1.94 bits per heavy atom. The van der Waals surface area contributed by atoms with Gasteiger partial charge in [-0.2, -0.15) is 0 Å². The summed E-state index contributed by atoms with van der Waals surface area (Å²) in [6.45, 7) is 12.8. The topological polar surface area (TPSA) is 19.4 Å². The van der Waals surface area contributed by atoms with Gasteiger partial charge in [0.1, 0.15) is 0 Å². The lowest BCUT2D eigenvalue weighted by molar-refractivity contribution is 0.0580. The predicted molar refractivity (Wildman–Crippen MR) is 76.4 cm³/mol. The minimum atomic E-state index is -0.0136. The van der Waals surface area contributed by atoms with E-state index in [4.69, 9.17) is 0 Å². The molecule has 0 N–H and O–H groups in total. The summed E-state index contributed by atoms with van der Waals surface area (Å²) in [5.41, 5.74) is 2.26. The third kappa shape index (κ3) is 2.62. The van der Waals surface area contributed by atoms with Crippen molar-refractivity contribution in [2.45, 2.75) is 19.4 Å². The molecule has 1 aliphatic rings. The van der Waals surface area contributed by atoms with Crippen molar-refractivity contribution in [2.24, 2.45) is 0 Å². The van der Waals surface area contributed by atoms with Crippen LogP contribution in [-0.2, 0) is 5.54 Å². The molecule has 0 radical (unpaired) electrons. The molecule has 3 nitrogen and oxygen atoms in total. The van der Waals surface area contributed by atoms with Gasteiger partial charge in [0.2, 0.25) is 0 Å². The lowest BCUT2D eigenvalue weighted by Gasteiger charge is -2.43. The molecule has 0 unspecified atom stereocenters. The quantitative estimate of drug-likeness (QED) is 0.814. The third-order valence-electron chi connectivity index (χ3n) is 3.94. The fourth-order valence-electron chi connectivity index (χ4n) is 2.44. The van der Waals surface area contributed by atoms with Gasteiger partial charge in [-0.05, 0) is 38.6 Å². The Kier molecular flexibility index (Phi) is 3.83. The zero-order valence-electron chi connectivity index (χ0n) is 11.7. The highest BCUT2D eigenvalue weighted by Gasteiger charge is 2.31. The van der Waals surface area contributed by atoms with E-state index in [1.54, 1.807) is 0 Å². The third-order valence-corrected chi connectivity index (χ3v) is 3.94. The lowest BCUT2D eigenvalue weighted by Crippen LogP contribution is -2.52. The van der Waals surface area contributed by atoms with E-state index < -0.39 is 0 Å². The van der Waals surface area contributed by atoms with Crippen LogP contribution in [0.5, 0.6) is 0 Å². The highest BCUT2D eigenvalue weighted by Crippen LogP contribution is 2.27. The average Bonchev–Trinajstić information content (AvgIpc) is 2.39. The first-order valence-corrected chi connectivity index (χ1v) is 6.56. The fourth-order valence-corrected chi connectivity index (χ4v) is 2.44. The van der Waals surface area contributed by atoms with Crippen LogP contribution in [0.3, 0.4) is 0 Å². The van der Waals surface area contributed by atoms with Crippen molar-refractivity contribution < 1.29 is 0 Å². The summed E-state index contributed by atoms with van der Waals surface area (Å²) in [5.74, 6) is 0. The van der Waals surface area contributed by atoms with Crippen molar-refractivity contribution in [2.75, 3.05) is 33.2 Å². The number of piperazine rings is 1. The van der Waals surface area contributed by atoms with E-state index in [1.165, 1.54) is 0 Å². The van der Waals surface area contributed by atoms with Crippen molar-refractivity contribution in [3.05, 3.63) is 36.2 Å². The van der Waals surface area contributed by atoms with Gasteiger partial charge in [-0.1, -0.05) is 12.7 Å². The number of hydrogen-bond acceptors (Lipinski definition) is 3. The molecule has 1 saturated heterocycles. The molecule has 0 atom stereocenters. The average molecular weight is 245 g/mol. The summed E-state index contributed by atoms with van der Waals surface area (Å²) in [6.07, 6.45) is 3.76. The van der Waals surface area contributed by atoms with Crippen LogP contribution in [0.1, 0.15) is 25.1 Å². The van der Waals surface area contributed by atoms with Crippen LogP contribution >= 0.6 is 0 Å². The molecule has 98 valence electrons.